The summed E-state index contributed by atoms with van der Waals surface area (Å²) in [5, 5.41) is 11.7. The molecule has 0 aromatic heterocycles. The van der Waals surface area contributed by atoms with Gasteiger partial charge < -0.3 is 15.2 Å². The number of carbonyl (C=O) groups is 2. The smallest absolute Gasteiger partial charge is 0.326 e. The molecule has 2 N–H and O–H groups in total. The van der Waals surface area contributed by atoms with Crippen LogP contribution in [0.4, 0.5) is 0 Å². The maximum absolute atomic E-state index is 12.0. The van der Waals surface area contributed by atoms with Gasteiger partial charge >= 0.3 is 5.97 Å². The van der Waals surface area contributed by atoms with Gasteiger partial charge in [-0.15, -0.1) is 0 Å². The molecule has 0 heterocycles. The van der Waals surface area contributed by atoms with E-state index < -0.39 is 12.0 Å². The van der Waals surface area contributed by atoms with Gasteiger partial charge in [0.05, 0.1) is 13.5 Å². The first-order chi connectivity index (χ1) is 9.97. The van der Waals surface area contributed by atoms with Gasteiger partial charge in [0.25, 0.3) is 0 Å². The Morgan fingerprint density at radius 1 is 1.38 bits per heavy atom. The summed E-state index contributed by atoms with van der Waals surface area (Å²) in [5.41, 5.74) is 1.79. The van der Waals surface area contributed by atoms with Gasteiger partial charge in [0.1, 0.15) is 11.8 Å². The summed E-state index contributed by atoms with van der Waals surface area (Å²) in [7, 11) is 1.55. The van der Waals surface area contributed by atoms with Crippen LogP contribution in [0.5, 0.6) is 5.75 Å². The van der Waals surface area contributed by atoms with Crippen LogP contribution < -0.4 is 10.1 Å². The number of ether oxygens (including phenoxy) is 1. The molecule has 5 nitrogen and oxygen atoms in total. The van der Waals surface area contributed by atoms with Crippen LogP contribution >= 0.6 is 0 Å². The van der Waals surface area contributed by atoms with Crippen molar-refractivity contribution >= 4 is 11.9 Å². The topological polar surface area (TPSA) is 75.6 Å². The van der Waals surface area contributed by atoms with Crippen LogP contribution in [0.2, 0.25) is 0 Å². The van der Waals surface area contributed by atoms with Gasteiger partial charge in [0, 0.05) is 5.56 Å². The Morgan fingerprint density at radius 3 is 2.67 bits per heavy atom. The average molecular weight is 293 g/mol. The van der Waals surface area contributed by atoms with Crippen LogP contribution in [0.3, 0.4) is 0 Å². The Morgan fingerprint density at radius 2 is 2.10 bits per heavy atom. The van der Waals surface area contributed by atoms with Gasteiger partial charge in [-0.25, -0.2) is 4.79 Å². The number of nitrogens with one attached hydrogen (secondary N) is 1. The molecule has 0 aliphatic heterocycles. The Hall–Kier alpha value is -2.04. The summed E-state index contributed by atoms with van der Waals surface area (Å²) in [6.07, 6.45) is 2.22. The molecule has 0 bridgehead atoms. The molecule has 0 radical (unpaired) electrons. The molecule has 116 valence electrons. The van der Waals surface area contributed by atoms with E-state index >= 15 is 0 Å². The summed E-state index contributed by atoms with van der Waals surface area (Å²) >= 11 is 0. The molecule has 0 saturated carbocycles. The van der Waals surface area contributed by atoms with E-state index in [0.717, 1.165) is 24.0 Å². The van der Waals surface area contributed by atoms with Crippen molar-refractivity contribution in [2.75, 3.05) is 7.11 Å². The third kappa shape index (κ3) is 5.45. The van der Waals surface area contributed by atoms with Crippen molar-refractivity contribution in [1.29, 1.82) is 0 Å². The number of amides is 1. The second-order valence-electron chi connectivity index (χ2n) is 5.09. The molecule has 0 spiro atoms. The third-order valence-electron chi connectivity index (χ3n) is 3.27. The molecule has 1 amide bonds. The minimum atomic E-state index is -0.993. The van der Waals surface area contributed by atoms with Crippen molar-refractivity contribution in [2.24, 2.45) is 0 Å². The standard InChI is InChI=1S/C16H23NO4/c1-4-5-6-13(16(19)20)17-15(18)10-12-9-11(2)7-8-14(12)21-3/h7-9,13H,4-6,10H2,1-3H3,(H,17,18)(H,19,20). The molecule has 1 unspecified atom stereocenters. The molecule has 0 aliphatic rings. The van der Waals surface area contributed by atoms with Gasteiger partial charge in [-0.1, -0.05) is 37.5 Å². The molecule has 5 heteroatoms. The van der Waals surface area contributed by atoms with E-state index in [4.69, 9.17) is 9.84 Å². The quantitative estimate of drug-likeness (QED) is 0.771. The minimum absolute atomic E-state index is 0.112. The molecular formula is C16H23NO4. The number of carboxylic acids is 1. The number of hydrogen-bond acceptors (Lipinski definition) is 3. The zero-order valence-electron chi connectivity index (χ0n) is 12.8. The lowest BCUT2D eigenvalue weighted by molar-refractivity contribution is -0.142. The number of unbranched alkanes of at least 4 members (excludes halogenated alkanes) is 1. The van der Waals surface area contributed by atoms with Crippen LogP contribution in [0.25, 0.3) is 0 Å². The van der Waals surface area contributed by atoms with Crippen LogP contribution in [0.1, 0.15) is 37.3 Å². The van der Waals surface area contributed by atoms with Crippen molar-refractivity contribution in [2.45, 2.75) is 45.6 Å². The predicted octanol–water partition coefficient (Wildman–Crippen LogP) is 2.31. The van der Waals surface area contributed by atoms with Crippen LogP contribution in [0.15, 0.2) is 18.2 Å². The van der Waals surface area contributed by atoms with Gasteiger partial charge in [-0.05, 0) is 19.4 Å². The largest absolute Gasteiger partial charge is 0.496 e. The Labute approximate surface area is 125 Å². The first-order valence-electron chi connectivity index (χ1n) is 7.13. The number of aliphatic carboxylic acids is 1. The van der Waals surface area contributed by atoms with Gasteiger partial charge in [-0.3, -0.25) is 4.79 Å². The maximum atomic E-state index is 12.0. The summed E-state index contributed by atoms with van der Waals surface area (Å²) < 4.78 is 5.22. The van der Waals surface area contributed by atoms with Gasteiger partial charge in [-0.2, -0.15) is 0 Å². The average Bonchev–Trinajstić information content (AvgIpc) is 2.43. The zero-order valence-corrected chi connectivity index (χ0v) is 12.8. The SMILES string of the molecule is CCCCC(NC(=O)Cc1cc(C)ccc1OC)C(=O)O. The summed E-state index contributed by atoms with van der Waals surface area (Å²) in [6, 6.07) is 4.76. The highest BCUT2D eigenvalue weighted by atomic mass is 16.5. The summed E-state index contributed by atoms with van der Waals surface area (Å²) in [5.74, 6) is -0.661. The van der Waals surface area contributed by atoms with Crippen molar-refractivity contribution < 1.29 is 19.4 Å². The van der Waals surface area contributed by atoms with Crippen LogP contribution in [-0.2, 0) is 16.0 Å². The number of carboxylic acid groups (broad SMARTS) is 1. The van der Waals surface area contributed by atoms with E-state index in [9.17, 15) is 9.59 Å². The Bertz CT molecular complexity index is 499. The highest BCUT2D eigenvalue weighted by Crippen LogP contribution is 2.20. The lowest BCUT2D eigenvalue weighted by Crippen LogP contribution is -2.41. The third-order valence-corrected chi connectivity index (χ3v) is 3.27. The van der Waals surface area contributed by atoms with Crippen LogP contribution in [-0.4, -0.2) is 30.1 Å². The van der Waals surface area contributed by atoms with Crippen molar-refractivity contribution in [3.63, 3.8) is 0 Å². The second kappa shape index (κ2) is 8.29. The van der Waals surface area contributed by atoms with E-state index in [-0.39, 0.29) is 12.3 Å². The van der Waals surface area contributed by atoms with E-state index in [2.05, 4.69) is 5.32 Å². The first kappa shape index (κ1) is 17.0. The number of benzene rings is 1. The second-order valence-corrected chi connectivity index (χ2v) is 5.09. The molecule has 1 atom stereocenters. The molecule has 0 aliphatic carbocycles. The number of hydrogen-bond donors (Lipinski definition) is 2. The zero-order chi connectivity index (χ0) is 15.8. The highest BCUT2D eigenvalue weighted by Gasteiger charge is 2.20. The van der Waals surface area contributed by atoms with Crippen molar-refractivity contribution in [1.82, 2.24) is 5.32 Å². The number of methoxy groups -OCH3 is 1. The Kier molecular flexibility index (Phi) is 6.72. The molecular weight excluding hydrogens is 270 g/mol. The number of aryl methyl sites for hydroxylation is 1. The minimum Gasteiger partial charge on any atom is -0.496 e. The van der Waals surface area contributed by atoms with Crippen LogP contribution in [0, 0.1) is 6.92 Å². The summed E-state index contributed by atoms with van der Waals surface area (Å²) in [6.45, 7) is 3.92. The van der Waals surface area contributed by atoms with E-state index in [1.54, 1.807) is 7.11 Å². The Balaban J connectivity index is 2.71. The van der Waals surface area contributed by atoms with Crippen molar-refractivity contribution in [3.05, 3.63) is 29.3 Å². The number of carbonyl (C=O) groups excluding carboxylic acids is 1. The first-order valence-corrected chi connectivity index (χ1v) is 7.13. The molecule has 0 saturated heterocycles. The fourth-order valence-electron chi connectivity index (χ4n) is 2.13. The van der Waals surface area contributed by atoms with Crippen molar-refractivity contribution in [3.8, 4) is 5.75 Å². The van der Waals surface area contributed by atoms with Gasteiger partial charge in [0.15, 0.2) is 0 Å². The molecule has 1 rings (SSSR count). The predicted molar refractivity (Wildman–Crippen MR) is 80.5 cm³/mol. The molecule has 1 aromatic carbocycles. The fourth-order valence-corrected chi connectivity index (χ4v) is 2.13. The lowest BCUT2D eigenvalue weighted by atomic mass is 10.1. The van der Waals surface area contributed by atoms with E-state index in [0.29, 0.717) is 12.2 Å². The lowest BCUT2D eigenvalue weighted by Gasteiger charge is -2.15. The normalized spacial score (nSPS) is 11.8. The highest BCUT2D eigenvalue weighted by molar-refractivity contribution is 5.85. The fraction of sp³-hybridized carbons (Fsp3) is 0.500. The van der Waals surface area contributed by atoms with Gasteiger partial charge in [0.2, 0.25) is 5.91 Å². The van der Waals surface area contributed by atoms with E-state index in [1.807, 2.05) is 32.0 Å². The monoisotopic (exact) mass is 293 g/mol. The maximum Gasteiger partial charge on any atom is 0.326 e. The molecule has 21 heavy (non-hydrogen) atoms. The molecule has 0 fully saturated rings. The van der Waals surface area contributed by atoms with E-state index in [1.165, 1.54) is 0 Å². The number of rotatable bonds is 8. The molecule has 1 aromatic rings. The summed E-state index contributed by atoms with van der Waals surface area (Å²) in [4.78, 5) is 23.2.